The Morgan fingerprint density at radius 1 is 1.04 bits per heavy atom. The maximum absolute atomic E-state index is 12.4. The third kappa shape index (κ3) is 4.68. The molecule has 1 fully saturated rings. The largest absolute Gasteiger partial charge is 0.477 e. The van der Waals surface area contributed by atoms with E-state index >= 15 is 0 Å². The molecule has 2 heterocycles. The predicted molar refractivity (Wildman–Crippen MR) is 96.8 cm³/mol. The Balaban J connectivity index is 1.47. The lowest BCUT2D eigenvalue weighted by molar-refractivity contribution is -0.131. The smallest absolute Gasteiger partial charge is 0.233 e. The summed E-state index contributed by atoms with van der Waals surface area (Å²) in [4.78, 5) is 16.5. The highest BCUT2D eigenvalue weighted by Gasteiger charge is 2.21. The predicted octanol–water partition coefficient (Wildman–Crippen LogP) is 2.16. The molecule has 0 bridgehead atoms. The molecule has 0 unspecified atom stereocenters. The molecule has 132 valence electrons. The average Bonchev–Trinajstić information content (AvgIpc) is 2.68. The molecule has 6 heteroatoms. The summed E-state index contributed by atoms with van der Waals surface area (Å²) in [6.07, 6.45) is 1.36. The van der Waals surface area contributed by atoms with E-state index in [9.17, 15) is 4.79 Å². The van der Waals surface area contributed by atoms with Gasteiger partial charge in [-0.15, -0.1) is 10.2 Å². The summed E-state index contributed by atoms with van der Waals surface area (Å²) in [6.45, 7) is 5.51. The summed E-state index contributed by atoms with van der Waals surface area (Å²) in [5, 5.41) is 8.28. The Morgan fingerprint density at radius 2 is 1.80 bits per heavy atom. The van der Waals surface area contributed by atoms with Crippen molar-refractivity contribution in [3.63, 3.8) is 0 Å². The molecule has 6 nitrogen and oxygen atoms in total. The zero-order valence-corrected chi connectivity index (χ0v) is 14.6. The minimum absolute atomic E-state index is 0.223. The van der Waals surface area contributed by atoms with Crippen LogP contribution in [0.5, 0.6) is 5.88 Å². The van der Waals surface area contributed by atoms with Crippen LogP contribution in [0.15, 0.2) is 42.5 Å². The van der Waals surface area contributed by atoms with Crippen molar-refractivity contribution >= 4 is 11.7 Å². The number of anilines is 1. The number of carbonyl (C=O) groups excluding carboxylic acids is 1. The number of hydrogen-bond acceptors (Lipinski definition) is 5. The minimum Gasteiger partial charge on any atom is -0.477 e. The van der Waals surface area contributed by atoms with Gasteiger partial charge in [-0.25, -0.2) is 0 Å². The molecule has 0 atom stereocenters. The van der Waals surface area contributed by atoms with Crippen LogP contribution in [0, 0.1) is 0 Å². The first-order valence-electron chi connectivity index (χ1n) is 8.79. The molecule has 1 aliphatic rings. The van der Waals surface area contributed by atoms with Gasteiger partial charge in [-0.05, 0) is 25.0 Å². The van der Waals surface area contributed by atoms with Crippen molar-refractivity contribution in [3.05, 3.63) is 48.0 Å². The van der Waals surface area contributed by atoms with Gasteiger partial charge in [-0.2, -0.15) is 0 Å². The number of aryl methyl sites for hydroxylation is 1. The number of piperazine rings is 1. The second-order valence-corrected chi connectivity index (χ2v) is 6.02. The SMILES string of the molecule is CCOc1ccc(N2CCN(C(=O)CCc3ccccc3)CC2)nn1. The molecule has 0 aliphatic carbocycles. The van der Waals surface area contributed by atoms with E-state index in [1.807, 2.05) is 42.2 Å². The highest BCUT2D eigenvalue weighted by atomic mass is 16.5. The first-order valence-corrected chi connectivity index (χ1v) is 8.79. The molecular weight excluding hydrogens is 316 g/mol. The van der Waals surface area contributed by atoms with Crippen LogP contribution in [0.1, 0.15) is 18.9 Å². The Morgan fingerprint density at radius 3 is 2.44 bits per heavy atom. The fraction of sp³-hybridized carbons (Fsp3) is 0.421. The second-order valence-electron chi connectivity index (χ2n) is 6.02. The molecule has 1 amide bonds. The highest BCUT2D eigenvalue weighted by Crippen LogP contribution is 2.16. The van der Waals surface area contributed by atoms with Crippen LogP contribution in [0.4, 0.5) is 5.82 Å². The number of aromatic nitrogens is 2. The van der Waals surface area contributed by atoms with Gasteiger partial charge < -0.3 is 14.5 Å². The standard InChI is InChI=1S/C19H24N4O2/c1-2-25-18-10-9-17(20-21-18)22-12-14-23(15-13-22)19(24)11-8-16-6-4-3-5-7-16/h3-7,9-10H,2,8,11-15H2,1H3. The van der Waals surface area contributed by atoms with E-state index in [4.69, 9.17) is 4.74 Å². The van der Waals surface area contributed by atoms with Crippen molar-refractivity contribution in [3.8, 4) is 5.88 Å². The maximum Gasteiger partial charge on any atom is 0.233 e. The van der Waals surface area contributed by atoms with Gasteiger partial charge in [0.05, 0.1) is 6.61 Å². The summed E-state index contributed by atoms with van der Waals surface area (Å²) in [7, 11) is 0. The van der Waals surface area contributed by atoms with Crippen molar-refractivity contribution in [1.82, 2.24) is 15.1 Å². The molecule has 0 radical (unpaired) electrons. The lowest BCUT2D eigenvalue weighted by Crippen LogP contribution is -2.49. The average molecular weight is 340 g/mol. The lowest BCUT2D eigenvalue weighted by atomic mass is 10.1. The first kappa shape index (κ1) is 17.2. The van der Waals surface area contributed by atoms with Crippen molar-refractivity contribution in [2.75, 3.05) is 37.7 Å². The Bertz CT molecular complexity index is 668. The lowest BCUT2D eigenvalue weighted by Gasteiger charge is -2.35. The third-order valence-corrected chi connectivity index (χ3v) is 4.34. The normalized spacial score (nSPS) is 14.4. The number of rotatable bonds is 6. The van der Waals surface area contributed by atoms with Crippen LogP contribution >= 0.6 is 0 Å². The zero-order valence-electron chi connectivity index (χ0n) is 14.6. The van der Waals surface area contributed by atoms with E-state index in [1.54, 1.807) is 0 Å². The molecular formula is C19H24N4O2. The number of ether oxygens (including phenoxy) is 1. The molecule has 25 heavy (non-hydrogen) atoms. The molecule has 1 saturated heterocycles. The minimum atomic E-state index is 0.223. The molecule has 2 aromatic rings. The number of amides is 1. The number of carbonyl (C=O) groups is 1. The first-order chi connectivity index (χ1) is 12.3. The van der Waals surface area contributed by atoms with Gasteiger partial charge in [-0.3, -0.25) is 4.79 Å². The number of benzene rings is 1. The summed E-state index contributed by atoms with van der Waals surface area (Å²) >= 11 is 0. The van der Waals surface area contributed by atoms with Crippen LogP contribution in [0.25, 0.3) is 0 Å². The monoisotopic (exact) mass is 340 g/mol. The van der Waals surface area contributed by atoms with Gasteiger partial charge in [0.2, 0.25) is 11.8 Å². The molecule has 1 aromatic heterocycles. The Kier molecular flexibility index (Phi) is 5.82. The van der Waals surface area contributed by atoms with E-state index in [-0.39, 0.29) is 5.91 Å². The van der Waals surface area contributed by atoms with Gasteiger partial charge in [0.25, 0.3) is 0 Å². The van der Waals surface area contributed by atoms with Crippen molar-refractivity contribution < 1.29 is 9.53 Å². The van der Waals surface area contributed by atoms with Gasteiger partial charge in [0, 0.05) is 38.7 Å². The second kappa shape index (κ2) is 8.46. The van der Waals surface area contributed by atoms with E-state index in [1.165, 1.54) is 5.56 Å². The van der Waals surface area contributed by atoms with Crippen LogP contribution in [-0.4, -0.2) is 53.8 Å². The quantitative estimate of drug-likeness (QED) is 0.806. The van der Waals surface area contributed by atoms with E-state index in [2.05, 4.69) is 27.2 Å². The van der Waals surface area contributed by atoms with Crippen molar-refractivity contribution in [1.29, 1.82) is 0 Å². The van der Waals surface area contributed by atoms with Crippen LogP contribution < -0.4 is 9.64 Å². The number of hydrogen-bond donors (Lipinski definition) is 0. The van der Waals surface area contributed by atoms with E-state index < -0.39 is 0 Å². The van der Waals surface area contributed by atoms with Crippen molar-refractivity contribution in [2.24, 2.45) is 0 Å². The van der Waals surface area contributed by atoms with Crippen LogP contribution in [0.2, 0.25) is 0 Å². The molecule has 1 aliphatic heterocycles. The molecule has 1 aromatic carbocycles. The zero-order chi connectivity index (χ0) is 17.5. The van der Waals surface area contributed by atoms with Gasteiger partial charge in [-0.1, -0.05) is 30.3 Å². The Labute approximate surface area is 148 Å². The fourth-order valence-corrected chi connectivity index (χ4v) is 2.95. The topological polar surface area (TPSA) is 58.6 Å². The summed E-state index contributed by atoms with van der Waals surface area (Å²) < 4.78 is 5.32. The van der Waals surface area contributed by atoms with Crippen LogP contribution in [-0.2, 0) is 11.2 Å². The Hall–Kier alpha value is -2.63. The van der Waals surface area contributed by atoms with Crippen molar-refractivity contribution in [2.45, 2.75) is 19.8 Å². The van der Waals surface area contributed by atoms with Gasteiger partial charge >= 0.3 is 0 Å². The van der Waals surface area contributed by atoms with Gasteiger partial charge in [0.15, 0.2) is 5.82 Å². The molecule has 0 spiro atoms. The number of nitrogens with zero attached hydrogens (tertiary/aromatic N) is 4. The summed E-state index contributed by atoms with van der Waals surface area (Å²) in [5.41, 5.74) is 1.21. The maximum atomic E-state index is 12.4. The van der Waals surface area contributed by atoms with E-state index in [0.29, 0.717) is 18.9 Å². The summed E-state index contributed by atoms with van der Waals surface area (Å²) in [6, 6.07) is 13.9. The van der Waals surface area contributed by atoms with Gasteiger partial charge in [0.1, 0.15) is 0 Å². The highest BCUT2D eigenvalue weighted by molar-refractivity contribution is 5.76. The molecule has 0 saturated carbocycles. The van der Waals surface area contributed by atoms with E-state index in [0.717, 1.165) is 38.4 Å². The summed E-state index contributed by atoms with van der Waals surface area (Å²) in [5.74, 6) is 1.60. The molecule has 3 rings (SSSR count). The van der Waals surface area contributed by atoms with Crippen LogP contribution in [0.3, 0.4) is 0 Å². The third-order valence-electron chi connectivity index (χ3n) is 4.34. The molecule has 0 N–H and O–H groups in total. The fourth-order valence-electron chi connectivity index (χ4n) is 2.95.